The molecule has 1 aromatic rings. The lowest BCUT2D eigenvalue weighted by molar-refractivity contribution is -0.143. The lowest BCUT2D eigenvalue weighted by Gasteiger charge is -2.22. The molecule has 2 fully saturated rings. The monoisotopic (exact) mass is 602 g/mol. The number of imide groups is 1. The molecule has 2 saturated heterocycles. The first-order chi connectivity index (χ1) is 16.3. The van der Waals surface area contributed by atoms with Crippen molar-refractivity contribution in [2.75, 3.05) is 40.0 Å². The van der Waals surface area contributed by atoms with E-state index in [-0.39, 0.29) is 24.0 Å². The van der Waals surface area contributed by atoms with E-state index >= 15 is 0 Å². The van der Waals surface area contributed by atoms with Crippen LogP contribution in [0.15, 0.2) is 17.0 Å². The van der Waals surface area contributed by atoms with E-state index in [1.165, 1.54) is 7.11 Å². The Morgan fingerprint density at radius 3 is 2.47 bits per heavy atom. The molecular formula is C23H27IN2O7S. The number of esters is 1. The Morgan fingerprint density at radius 1 is 1.12 bits per heavy atom. The minimum absolute atomic E-state index is 0.203. The first kappa shape index (κ1) is 26.3. The van der Waals surface area contributed by atoms with Gasteiger partial charge >= 0.3 is 5.97 Å². The third-order valence-electron chi connectivity index (χ3n) is 5.32. The van der Waals surface area contributed by atoms with Crippen LogP contribution in [0.5, 0.6) is 11.5 Å². The summed E-state index contributed by atoms with van der Waals surface area (Å²) in [6, 6.07) is 3.43. The molecule has 0 unspecified atom stereocenters. The van der Waals surface area contributed by atoms with Gasteiger partial charge in [-0.3, -0.25) is 19.3 Å². The number of benzene rings is 1. The molecule has 0 bridgehead atoms. The number of thioether (sulfide) groups is 1. The Kier molecular flexibility index (Phi) is 9.63. The molecule has 34 heavy (non-hydrogen) atoms. The highest BCUT2D eigenvalue weighted by atomic mass is 127. The van der Waals surface area contributed by atoms with Crippen LogP contribution in [0.25, 0.3) is 6.08 Å². The fraction of sp³-hybridized carbons (Fsp3) is 0.478. The van der Waals surface area contributed by atoms with Crippen LogP contribution in [0.3, 0.4) is 0 Å². The average molecular weight is 602 g/mol. The summed E-state index contributed by atoms with van der Waals surface area (Å²) in [6.45, 7) is 2.99. The zero-order valence-corrected chi connectivity index (χ0v) is 22.1. The maximum absolute atomic E-state index is 12.9. The Morgan fingerprint density at radius 2 is 1.82 bits per heavy atom. The number of ether oxygens (including phenoxy) is 3. The van der Waals surface area contributed by atoms with E-state index in [4.69, 9.17) is 9.47 Å². The Labute approximate surface area is 216 Å². The Hall–Kier alpha value is -2.28. The van der Waals surface area contributed by atoms with Gasteiger partial charge in [-0.25, -0.2) is 4.79 Å². The van der Waals surface area contributed by atoms with E-state index < -0.39 is 17.1 Å². The number of rotatable bonds is 8. The van der Waals surface area contributed by atoms with Gasteiger partial charge in [0.1, 0.15) is 6.54 Å². The van der Waals surface area contributed by atoms with E-state index in [1.807, 2.05) is 29.5 Å². The Bertz CT molecular complexity index is 990. The zero-order chi connectivity index (χ0) is 24.7. The predicted octanol–water partition coefficient (Wildman–Crippen LogP) is 3.68. The van der Waals surface area contributed by atoms with Crippen molar-refractivity contribution in [2.24, 2.45) is 0 Å². The molecule has 2 heterocycles. The molecule has 184 valence electrons. The lowest BCUT2D eigenvalue weighted by Crippen LogP contribution is -2.42. The van der Waals surface area contributed by atoms with Crippen molar-refractivity contribution < 1.29 is 33.4 Å². The second-order valence-electron chi connectivity index (χ2n) is 7.69. The van der Waals surface area contributed by atoms with Gasteiger partial charge in [0.15, 0.2) is 18.1 Å². The lowest BCUT2D eigenvalue weighted by atomic mass is 10.2. The molecule has 0 aliphatic carbocycles. The van der Waals surface area contributed by atoms with Gasteiger partial charge in [0.05, 0.1) is 22.2 Å². The van der Waals surface area contributed by atoms with Crippen LogP contribution in [0.4, 0.5) is 4.79 Å². The summed E-state index contributed by atoms with van der Waals surface area (Å²) >= 11 is 2.86. The predicted molar refractivity (Wildman–Crippen MR) is 136 cm³/mol. The van der Waals surface area contributed by atoms with Gasteiger partial charge in [0.25, 0.3) is 11.1 Å². The van der Waals surface area contributed by atoms with E-state index in [2.05, 4.69) is 4.74 Å². The van der Waals surface area contributed by atoms with E-state index in [9.17, 15) is 19.2 Å². The van der Waals surface area contributed by atoms with E-state index in [0.717, 1.165) is 42.3 Å². The minimum atomic E-state index is -0.522. The SMILES string of the molecule is CCOc1cc(C=C2SC(=O)N(CC(=O)N3CCCCCC3)C2=O)cc(I)c1OCC(=O)OC. The highest BCUT2D eigenvalue weighted by molar-refractivity contribution is 14.1. The van der Waals surface area contributed by atoms with Gasteiger partial charge in [-0.15, -0.1) is 0 Å². The van der Waals surface area contributed by atoms with Gasteiger partial charge in [-0.1, -0.05) is 12.8 Å². The van der Waals surface area contributed by atoms with Crippen molar-refractivity contribution in [1.29, 1.82) is 0 Å². The highest BCUT2D eigenvalue weighted by Gasteiger charge is 2.37. The summed E-state index contributed by atoms with van der Waals surface area (Å²) in [5.74, 6) is -0.421. The van der Waals surface area contributed by atoms with Crippen LogP contribution in [-0.2, 0) is 19.1 Å². The van der Waals surface area contributed by atoms with Crippen LogP contribution in [-0.4, -0.2) is 72.8 Å². The second-order valence-corrected chi connectivity index (χ2v) is 9.85. The number of halogens is 1. The fourth-order valence-electron chi connectivity index (χ4n) is 3.61. The maximum Gasteiger partial charge on any atom is 0.343 e. The van der Waals surface area contributed by atoms with Crippen LogP contribution in [0.1, 0.15) is 38.2 Å². The summed E-state index contributed by atoms with van der Waals surface area (Å²) in [4.78, 5) is 52.5. The number of likely N-dealkylation sites (tertiary alicyclic amines) is 1. The smallest absolute Gasteiger partial charge is 0.343 e. The molecule has 0 atom stereocenters. The minimum Gasteiger partial charge on any atom is -0.490 e. The van der Waals surface area contributed by atoms with Crippen LogP contribution >= 0.6 is 34.4 Å². The zero-order valence-electron chi connectivity index (χ0n) is 19.1. The fourth-order valence-corrected chi connectivity index (χ4v) is 5.23. The van der Waals surface area contributed by atoms with Gasteiger partial charge in [-0.05, 0) is 77.9 Å². The maximum atomic E-state index is 12.9. The van der Waals surface area contributed by atoms with Crippen LogP contribution < -0.4 is 9.47 Å². The number of nitrogens with zero attached hydrogens (tertiary/aromatic N) is 2. The van der Waals surface area contributed by atoms with Gasteiger partial charge < -0.3 is 19.1 Å². The number of amides is 3. The molecule has 3 amide bonds. The normalized spacial score (nSPS) is 17.7. The van der Waals surface area contributed by atoms with Gasteiger partial charge in [-0.2, -0.15) is 0 Å². The van der Waals surface area contributed by atoms with Gasteiger partial charge in [0.2, 0.25) is 5.91 Å². The molecule has 0 saturated carbocycles. The number of hydrogen-bond donors (Lipinski definition) is 0. The quantitative estimate of drug-likeness (QED) is 0.253. The summed E-state index contributed by atoms with van der Waals surface area (Å²) in [7, 11) is 1.28. The molecule has 3 rings (SSSR count). The second kappa shape index (κ2) is 12.4. The third kappa shape index (κ3) is 6.65. The molecule has 1 aromatic carbocycles. The molecule has 2 aliphatic heterocycles. The average Bonchev–Trinajstić information content (AvgIpc) is 2.99. The Balaban J connectivity index is 1.76. The number of methoxy groups -OCH3 is 1. The molecule has 0 N–H and O–H groups in total. The number of carbonyl (C=O) groups is 4. The van der Waals surface area contributed by atoms with E-state index in [1.54, 1.807) is 23.1 Å². The number of hydrogen-bond acceptors (Lipinski definition) is 8. The molecule has 0 spiro atoms. The summed E-state index contributed by atoms with van der Waals surface area (Å²) in [5, 5.41) is -0.461. The molecule has 9 nitrogen and oxygen atoms in total. The molecular weight excluding hydrogens is 575 g/mol. The van der Waals surface area contributed by atoms with Gasteiger partial charge in [0, 0.05) is 13.1 Å². The summed E-state index contributed by atoms with van der Waals surface area (Å²) in [6.07, 6.45) is 5.64. The third-order valence-corrected chi connectivity index (χ3v) is 7.03. The van der Waals surface area contributed by atoms with E-state index in [0.29, 0.717) is 40.3 Å². The van der Waals surface area contributed by atoms with Crippen molar-refractivity contribution in [1.82, 2.24) is 9.80 Å². The van der Waals surface area contributed by atoms with Crippen molar-refractivity contribution in [3.8, 4) is 11.5 Å². The first-order valence-corrected chi connectivity index (χ1v) is 12.9. The molecule has 0 aromatic heterocycles. The van der Waals surface area contributed by atoms with Crippen LogP contribution in [0.2, 0.25) is 0 Å². The summed E-state index contributed by atoms with van der Waals surface area (Å²) < 4.78 is 16.5. The summed E-state index contributed by atoms with van der Waals surface area (Å²) in [5.41, 5.74) is 0.627. The standard InChI is InChI=1S/C23H27IN2O7S/c1-3-32-17-11-15(10-16(24)21(17)33-14-20(28)31-2)12-18-22(29)26(23(30)34-18)13-19(27)25-8-6-4-5-7-9-25/h10-12H,3-9,13-14H2,1-2H3. The van der Waals surface area contributed by atoms with Crippen LogP contribution in [0, 0.1) is 3.57 Å². The molecule has 0 radical (unpaired) electrons. The largest absolute Gasteiger partial charge is 0.490 e. The molecule has 11 heteroatoms. The van der Waals surface area contributed by atoms with Crippen molar-refractivity contribution in [3.05, 3.63) is 26.2 Å². The van der Waals surface area contributed by atoms with Crippen molar-refractivity contribution >= 4 is 63.5 Å². The molecule has 2 aliphatic rings. The first-order valence-electron chi connectivity index (χ1n) is 11.0. The number of carbonyl (C=O) groups excluding carboxylic acids is 4. The van der Waals surface area contributed by atoms with Crippen molar-refractivity contribution in [3.63, 3.8) is 0 Å². The highest BCUT2D eigenvalue weighted by Crippen LogP contribution is 2.37. The topological polar surface area (TPSA) is 102 Å². The van der Waals surface area contributed by atoms with Crippen molar-refractivity contribution in [2.45, 2.75) is 32.6 Å².